The SMILES string of the molecule is COC(=O)c1cc(OC)c(C#N)cc1Cl. The van der Waals surface area contributed by atoms with Crippen molar-refractivity contribution in [1.82, 2.24) is 0 Å². The minimum atomic E-state index is -0.567. The topological polar surface area (TPSA) is 59.3 Å². The van der Waals surface area contributed by atoms with Gasteiger partial charge >= 0.3 is 5.97 Å². The fraction of sp³-hybridized carbons (Fsp3) is 0.200. The van der Waals surface area contributed by atoms with E-state index in [-0.39, 0.29) is 16.1 Å². The Balaban J connectivity index is 3.33. The number of ether oxygens (including phenoxy) is 2. The van der Waals surface area contributed by atoms with E-state index in [1.807, 2.05) is 6.07 Å². The first-order valence-corrected chi connectivity index (χ1v) is 4.37. The molecule has 0 unspecified atom stereocenters. The van der Waals surface area contributed by atoms with Gasteiger partial charge in [-0.2, -0.15) is 5.26 Å². The normalized spacial score (nSPS) is 9.20. The summed E-state index contributed by atoms with van der Waals surface area (Å²) in [6, 6.07) is 4.66. The summed E-state index contributed by atoms with van der Waals surface area (Å²) in [5.41, 5.74) is 0.449. The Labute approximate surface area is 92.0 Å². The van der Waals surface area contributed by atoms with Gasteiger partial charge in [-0.3, -0.25) is 0 Å². The Hall–Kier alpha value is -1.73. The third-order valence-electron chi connectivity index (χ3n) is 1.81. The summed E-state index contributed by atoms with van der Waals surface area (Å²) in [6.07, 6.45) is 0. The fourth-order valence-electron chi connectivity index (χ4n) is 1.08. The number of hydrogen-bond donors (Lipinski definition) is 0. The number of methoxy groups -OCH3 is 2. The molecule has 0 aliphatic rings. The average Bonchev–Trinajstić information content (AvgIpc) is 2.27. The highest BCUT2D eigenvalue weighted by atomic mass is 35.5. The maximum absolute atomic E-state index is 11.3. The van der Waals surface area contributed by atoms with Crippen LogP contribution in [0.2, 0.25) is 5.02 Å². The van der Waals surface area contributed by atoms with Crippen molar-refractivity contribution in [2.45, 2.75) is 0 Å². The zero-order chi connectivity index (χ0) is 11.4. The quantitative estimate of drug-likeness (QED) is 0.723. The first kappa shape index (κ1) is 11.3. The van der Waals surface area contributed by atoms with Gasteiger partial charge in [0.2, 0.25) is 0 Å². The minimum absolute atomic E-state index is 0.166. The van der Waals surface area contributed by atoms with Gasteiger partial charge < -0.3 is 9.47 Å². The minimum Gasteiger partial charge on any atom is -0.495 e. The van der Waals surface area contributed by atoms with E-state index < -0.39 is 5.97 Å². The highest BCUT2D eigenvalue weighted by molar-refractivity contribution is 6.33. The van der Waals surface area contributed by atoms with Crippen LogP contribution in [0.1, 0.15) is 15.9 Å². The fourth-order valence-corrected chi connectivity index (χ4v) is 1.32. The van der Waals surface area contributed by atoms with E-state index in [0.717, 1.165) is 0 Å². The third-order valence-corrected chi connectivity index (χ3v) is 2.13. The second kappa shape index (κ2) is 4.67. The maximum atomic E-state index is 11.3. The van der Waals surface area contributed by atoms with Crippen LogP contribution in [-0.4, -0.2) is 20.2 Å². The van der Waals surface area contributed by atoms with Crippen LogP contribution in [0, 0.1) is 11.3 Å². The summed E-state index contributed by atoms with van der Waals surface area (Å²) in [7, 11) is 2.66. The third kappa shape index (κ3) is 2.20. The Morgan fingerprint density at radius 3 is 2.60 bits per heavy atom. The molecule has 0 aliphatic carbocycles. The van der Waals surface area contributed by atoms with Crippen molar-refractivity contribution in [2.75, 3.05) is 14.2 Å². The van der Waals surface area contributed by atoms with Crippen molar-refractivity contribution in [3.05, 3.63) is 28.3 Å². The first-order valence-electron chi connectivity index (χ1n) is 4.00. The van der Waals surface area contributed by atoms with E-state index in [2.05, 4.69) is 4.74 Å². The molecule has 0 spiro atoms. The van der Waals surface area contributed by atoms with Crippen LogP contribution in [0.25, 0.3) is 0 Å². The van der Waals surface area contributed by atoms with Gasteiger partial charge in [0.05, 0.1) is 30.4 Å². The predicted octanol–water partition coefficient (Wildman–Crippen LogP) is 2.01. The molecule has 0 aromatic heterocycles. The number of benzene rings is 1. The number of carbonyl (C=O) groups excluding carboxylic acids is 1. The van der Waals surface area contributed by atoms with E-state index in [1.165, 1.54) is 26.4 Å². The van der Waals surface area contributed by atoms with Crippen LogP contribution in [0.5, 0.6) is 5.75 Å². The van der Waals surface area contributed by atoms with Crippen molar-refractivity contribution < 1.29 is 14.3 Å². The molecule has 0 saturated heterocycles. The lowest BCUT2D eigenvalue weighted by atomic mass is 10.1. The highest BCUT2D eigenvalue weighted by Crippen LogP contribution is 2.26. The highest BCUT2D eigenvalue weighted by Gasteiger charge is 2.15. The van der Waals surface area contributed by atoms with Crippen molar-refractivity contribution >= 4 is 17.6 Å². The van der Waals surface area contributed by atoms with Crippen LogP contribution in [-0.2, 0) is 4.74 Å². The first-order chi connectivity index (χ1) is 7.13. The van der Waals surface area contributed by atoms with Crippen molar-refractivity contribution in [1.29, 1.82) is 5.26 Å². The lowest BCUT2D eigenvalue weighted by Crippen LogP contribution is -2.03. The van der Waals surface area contributed by atoms with Crippen LogP contribution in [0.4, 0.5) is 0 Å². The Kier molecular flexibility index (Phi) is 3.53. The predicted molar refractivity (Wildman–Crippen MR) is 54.1 cm³/mol. The molecular formula is C10H8ClNO3. The van der Waals surface area contributed by atoms with E-state index in [4.69, 9.17) is 21.6 Å². The Morgan fingerprint density at radius 1 is 1.47 bits per heavy atom. The average molecular weight is 226 g/mol. The number of nitriles is 1. The molecule has 0 N–H and O–H groups in total. The number of nitrogens with zero attached hydrogens (tertiary/aromatic N) is 1. The van der Waals surface area contributed by atoms with E-state index >= 15 is 0 Å². The van der Waals surface area contributed by atoms with Crippen molar-refractivity contribution in [2.24, 2.45) is 0 Å². The van der Waals surface area contributed by atoms with Gasteiger partial charge in [-0.05, 0) is 12.1 Å². The van der Waals surface area contributed by atoms with Gasteiger partial charge in [-0.15, -0.1) is 0 Å². The number of esters is 1. The summed E-state index contributed by atoms with van der Waals surface area (Å²) < 4.78 is 9.47. The molecule has 0 atom stereocenters. The van der Waals surface area contributed by atoms with E-state index in [1.54, 1.807) is 0 Å². The molecule has 0 heterocycles. The molecule has 15 heavy (non-hydrogen) atoms. The number of halogens is 1. The maximum Gasteiger partial charge on any atom is 0.339 e. The molecule has 0 radical (unpaired) electrons. The summed E-state index contributed by atoms with van der Waals surface area (Å²) in [4.78, 5) is 11.3. The summed E-state index contributed by atoms with van der Waals surface area (Å²) >= 11 is 5.80. The second-order valence-corrected chi connectivity index (χ2v) is 3.04. The molecule has 0 bridgehead atoms. The molecule has 1 rings (SSSR count). The molecule has 5 heteroatoms. The lowest BCUT2D eigenvalue weighted by Gasteiger charge is -2.06. The zero-order valence-corrected chi connectivity index (χ0v) is 8.96. The van der Waals surface area contributed by atoms with Crippen LogP contribution < -0.4 is 4.74 Å². The number of hydrogen-bond acceptors (Lipinski definition) is 4. The van der Waals surface area contributed by atoms with Gasteiger partial charge in [-0.25, -0.2) is 4.79 Å². The number of carbonyl (C=O) groups is 1. The van der Waals surface area contributed by atoms with Gasteiger partial charge in [0.25, 0.3) is 0 Å². The number of rotatable bonds is 2. The molecule has 0 saturated carbocycles. The lowest BCUT2D eigenvalue weighted by molar-refractivity contribution is 0.0600. The zero-order valence-electron chi connectivity index (χ0n) is 8.20. The molecule has 78 valence electrons. The van der Waals surface area contributed by atoms with E-state index in [0.29, 0.717) is 5.75 Å². The Morgan fingerprint density at radius 2 is 2.13 bits per heavy atom. The van der Waals surface area contributed by atoms with Gasteiger partial charge in [0.1, 0.15) is 11.8 Å². The molecule has 0 aliphatic heterocycles. The smallest absolute Gasteiger partial charge is 0.339 e. The van der Waals surface area contributed by atoms with E-state index in [9.17, 15) is 4.79 Å². The molecule has 4 nitrogen and oxygen atoms in total. The van der Waals surface area contributed by atoms with Crippen LogP contribution in [0.15, 0.2) is 12.1 Å². The van der Waals surface area contributed by atoms with Crippen LogP contribution >= 0.6 is 11.6 Å². The second-order valence-electron chi connectivity index (χ2n) is 2.64. The summed E-state index contributed by atoms with van der Waals surface area (Å²) in [6.45, 7) is 0. The van der Waals surface area contributed by atoms with Gasteiger partial charge in [-0.1, -0.05) is 11.6 Å². The summed E-state index contributed by atoms with van der Waals surface area (Å²) in [5, 5.41) is 8.92. The van der Waals surface area contributed by atoms with Gasteiger partial charge in [0, 0.05) is 0 Å². The molecule has 0 fully saturated rings. The molecule has 1 aromatic rings. The van der Waals surface area contributed by atoms with Gasteiger partial charge in [0.15, 0.2) is 0 Å². The summed E-state index contributed by atoms with van der Waals surface area (Å²) in [5.74, 6) is -0.273. The van der Waals surface area contributed by atoms with Crippen LogP contribution in [0.3, 0.4) is 0 Å². The molecular weight excluding hydrogens is 218 g/mol. The standard InChI is InChI=1S/C10H8ClNO3/c1-14-9-4-7(10(13)15-2)8(11)3-6(9)5-12/h3-4H,1-2H3. The van der Waals surface area contributed by atoms with Crippen molar-refractivity contribution in [3.63, 3.8) is 0 Å². The molecule has 1 aromatic carbocycles. The largest absolute Gasteiger partial charge is 0.495 e. The monoisotopic (exact) mass is 225 g/mol. The molecule has 0 amide bonds. The Bertz CT molecular complexity index is 437. The van der Waals surface area contributed by atoms with Crippen molar-refractivity contribution in [3.8, 4) is 11.8 Å².